The van der Waals surface area contributed by atoms with Crippen LogP contribution in [0.5, 0.6) is 0 Å². The van der Waals surface area contributed by atoms with E-state index in [2.05, 4.69) is 24.1 Å². The van der Waals surface area contributed by atoms with E-state index < -0.39 is 16.9 Å². The molecule has 3 rings (SSSR count). The highest BCUT2D eigenvalue weighted by Gasteiger charge is 2.34. The second-order valence-corrected chi connectivity index (χ2v) is 8.31. The minimum absolute atomic E-state index is 0.118. The molecule has 1 aromatic carbocycles. The smallest absolute Gasteiger partial charge is 0.270 e. The average molecular weight is 418 g/mol. The lowest BCUT2D eigenvalue weighted by atomic mass is 10.1. The van der Waals surface area contributed by atoms with Gasteiger partial charge in [-0.25, -0.2) is 0 Å². The summed E-state index contributed by atoms with van der Waals surface area (Å²) in [7, 11) is 0. The lowest BCUT2D eigenvalue weighted by Crippen LogP contribution is -2.53. The fraction of sp³-hybridized carbons (Fsp3) is 0.619. The van der Waals surface area contributed by atoms with Gasteiger partial charge in [0.25, 0.3) is 11.6 Å². The van der Waals surface area contributed by atoms with Gasteiger partial charge in [0.05, 0.1) is 17.1 Å². The Balaban J connectivity index is 1.59. The van der Waals surface area contributed by atoms with Crippen molar-refractivity contribution >= 4 is 17.5 Å². The highest BCUT2D eigenvalue weighted by molar-refractivity contribution is 5.97. The van der Waals surface area contributed by atoms with Gasteiger partial charge in [-0.2, -0.15) is 0 Å². The third-order valence-corrected chi connectivity index (χ3v) is 5.66. The molecule has 0 saturated carbocycles. The number of non-ortho nitro benzene ring substituents is 1. The number of nitro benzene ring substituents is 1. The zero-order valence-corrected chi connectivity index (χ0v) is 17.7. The highest BCUT2D eigenvalue weighted by Crippen LogP contribution is 2.22. The molecule has 2 amide bonds. The minimum Gasteiger partial charge on any atom is -0.373 e. The molecule has 2 aliphatic heterocycles. The monoisotopic (exact) mass is 418 g/mol. The van der Waals surface area contributed by atoms with Crippen molar-refractivity contribution in [3.63, 3.8) is 0 Å². The summed E-state index contributed by atoms with van der Waals surface area (Å²) >= 11 is 0. The van der Waals surface area contributed by atoms with Crippen LogP contribution in [0.4, 0.5) is 5.69 Å². The molecule has 0 radical (unpaired) electrons. The first kappa shape index (κ1) is 22.2. The molecule has 30 heavy (non-hydrogen) atoms. The van der Waals surface area contributed by atoms with Crippen LogP contribution in [0.1, 0.15) is 44.0 Å². The number of ether oxygens (including phenoxy) is 1. The van der Waals surface area contributed by atoms with E-state index in [0.29, 0.717) is 6.54 Å². The molecule has 2 aliphatic rings. The summed E-state index contributed by atoms with van der Waals surface area (Å²) in [5.41, 5.74) is 0.00770. The van der Waals surface area contributed by atoms with Crippen molar-refractivity contribution in [1.82, 2.24) is 15.1 Å². The van der Waals surface area contributed by atoms with Crippen LogP contribution in [0, 0.1) is 10.1 Å². The van der Waals surface area contributed by atoms with E-state index >= 15 is 0 Å². The number of carbonyl (C=O) groups is 2. The number of carbonyl (C=O) groups excluding carboxylic acids is 2. The molecule has 2 saturated heterocycles. The van der Waals surface area contributed by atoms with Gasteiger partial charge in [0.15, 0.2) is 0 Å². The van der Waals surface area contributed by atoms with Crippen molar-refractivity contribution in [3.05, 3.63) is 39.9 Å². The van der Waals surface area contributed by atoms with Gasteiger partial charge in [0.1, 0.15) is 6.04 Å². The molecule has 0 bridgehead atoms. The fourth-order valence-corrected chi connectivity index (χ4v) is 4.40. The molecule has 0 aliphatic carbocycles. The van der Waals surface area contributed by atoms with E-state index in [-0.39, 0.29) is 35.4 Å². The minimum atomic E-state index is -0.708. The summed E-state index contributed by atoms with van der Waals surface area (Å²) in [6.07, 6.45) is 2.23. The molecule has 9 nitrogen and oxygen atoms in total. The van der Waals surface area contributed by atoms with E-state index in [1.54, 1.807) is 6.92 Å². The molecule has 0 aromatic heterocycles. The Morgan fingerprint density at radius 2 is 2.00 bits per heavy atom. The molecular weight excluding hydrogens is 388 g/mol. The van der Waals surface area contributed by atoms with Crippen molar-refractivity contribution in [1.29, 1.82) is 0 Å². The maximum Gasteiger partial charge on any atom is 0.270 e. The van der Waals surface area contributed by atoms with E-state index in [1.807, 2.05) is 4.90 Å². The number of likely N-dealkylation sites (tertiary alicyclic amines) is 1. The normalized spacial score (nSPS) is 25.7. The van der Waals surface area contributed by atoms with Crippen molar-refractivity contribution in [2.24, 2.45) is 0 Å². The first-order chi connectivity index (χ1) is 14.2. The topological polar surface area (TPSA) is 105 Å². The van der Waals surface area contributed by atoms with Crippen molar-refractivity contribution < 1.29 is 19.2 Å². The SMILES string of the molecule is CC1CN(CC2CCCN2C(=O)C(C)NC(=O)c2cccc([N+](=O)[O-])c2)CC(C)O1. The molecule has 4 unspecified atom stereocenters. The molecule has 1 aromatic rings. The maximum absolute atomic E-state index is 13.0. The summed E-state index contributed by atoms with van der Waals surface area (Å²) in [6, 6.07) is 4.91. The summed E-state index contributed by atoms with van der Waals surface area (Å²) in [5, 5.41) is 13.6. The Bertz CT molecular complexity index is 791. The molecule has 1 N–H and O–H groups in total. The lowest BCUT2D eigenvalue weighted by molar-refractivity contribution is -0.384. The number of morpholine rings is 1. The average Bonchev–Trinajstić information content (AvgIpc) is 3.14. The van der Waals surface area contributed by atoms with Gasteiger partial charge in [0.2, 0.25) is 5.91 Å². The second-order valence-electron chi connectivity index (χ2n) is 8.31. The predicted molar refractivity (Wildman–Crippen MR) is 111 cm³/mol. The molecular formula is C21H30N4O5. The van der Waals surface area contributed by atoms with Crippen LogP contribution in [0.2, 0.25) is 0 Å². The first-order valence-corrected chi connectivity index (χ1v) is 10.5. The Morgan fingerprint density at radius 3 is 2.67 bits per heavy atom. The van der Waals surface area contributed by atoms with Gasteiger partial charge < -0.3 is 15.0 Å². The van der Waals surface area contributed by atoms with E-state index in [1.165, 1.54) is 24.3 Å². The van der Waals surface area contributed by atoms with Crippen LogP contribution in [0.25, 0.3) is 0 Å². The Labute approximate surface area is 176 Å². The maximum atomic E-state index is 13.0. The third-order valence-electron chi connectivity index (χ3n) is 5.66. The molecule has 4 atom stereocenters. The van der Waals surface area contributed by atoms with Crippen molar-refractivity contribution in [2.75, 3.05) is 26.2 Å². The van der Waals surface area contributed by atoms with Gasteiger partial charge in [-0.1, -0.05) is 6.07 Å². The van der Waals surface area contributed by atoms with Crippen LogP contribution in [-0.4, -0.2) is 77.0 Å². The van der Waals surface area contributed by atoms with Gasteiger partial charge in [-0.3, -0.25) is 24.6 Å². The zero-order chi connectivity index (χ0) is 21.8. The van der Waals surface area contributed by atoms with Crippen molar-refractivity contribution in [3.8, 4) is 0 Å². The Kier molecular flexibility index (Phi) is 7.04. The number of rotatable bonds is 6. The van der Waals surface area contributed by atoms with Gasteiger partial charge >= 0.3 is 0 Å². The number of hydrogen-bond acceptors (Lipinski definition) is 6. The van der Waals surface area contributed by atoms with E-state index in [4.69, 9.17) is 4.74 Å². The second kappa shape index (κ2) is 9.53. The van der Waals surface area contributed by atoms with Crippen LogP contribution in [0.3, 0.4) is 0 Å². The summed E-state index contributed by atoms with van der Waals surface area (Å²) in [6.45, 7) is 8.96. The number of nitrogens with zero attached hydrogens (tertiary/aromatic N) is 3. The Morgan fingerprint density at radius 1 is 1.30 bits per heavy atom. The van der Waals surface area contributed by atoms with Crippen LogP contribution in [-0.2, 0) is 9.53 Å². The highest BCUT2D eigenvalue weighted by atomic mass is 16.6. The standard InChI is InChI=1S/C21H30N4O5/c1-14-11-23(12-15(2)30-14)13-19-8-5-9-24(19)21(27)16(3)22-20(26)17-6-4-7-18(10-17)25(28)29/h4,6-7,10,14-16,19H,5,8-9,11-13H2,1-3H3,(H,22,26). The van der Waals surface area contributed by atoms with Crippen LogP contribution in [0.15, 0.2) is 24.3 Å². The molecule has 9 heteroatoms. The van der Waals surface area contributed by atoms with Gasteiger partial charge in [-0.05, 0) is 39.7 Å². The van der Waals surface area contributed by atoms with Gasteiger partial charge in [-0.15, -0.1) is 0 Å². The zero-order valence-electron chi connectivity index (χ0n) is 17.7. The van der Waals surface area contributed by atoms with Crippen LogP contribution < -0.4 is 5.32 Å². The molecule has 2 fully saturated rings. The largest absolute Gasteiger partial charge is 0.373 e. The lowest BCUT2D eigenvalue weighted by Gasteiger charge is -2.38. The number of nitro groups is 1. The number of amides is 2. The van der Waals surface area contributed by atoms with Crippen molar-refractivity contribution in [2.45, 2.75) is 57.9 Å². The summed E-state index contributed by atoms with van der Waals surface area (Å²) < 4.78 is 5.79. The van der Waals surface area contributed by atoms with E-state index in [0.717, 1.165) is 32.5 Å². The van der Waals surface area contributed by atoms with Crippen LogP contribution >= 0.6 is 0 Å². The Hall–Kier alpha value is -2.52. The first-order valence-electron chi connectivity index (χ1n) is 10.5. The summed E-state index contributed by atoms with van der Waals surface area (Å²) in [4.78, 5) is 40.1. The van der Waals surface area contributed by atoms with E-state index in [9.17, 15) is 19.7 Å². The fourth-order valence-electron chi connectivity index (χ4n) is 4.40. The summed E-state index contributed by atoms with van der Waals surface area (Å²) in [5.74, 6) is -0.614. The van der Waals surface area contributed by atoms with Gasteiger partial charge in [0, 0.05) is 49.9 Å². The quantitative estimate of drug-likeness (QED) is 0.558. The number of hydrogen-bond donors (Lipinski definition) is 1. The number of nitrogens with one attached hydrogen (secondary N) is 1. The predicted octanol–water partition coefficient (Wildman–Crippen LogP) is 1.81. The molecule has 0 spiro atoms. The third kappa shape index (κ3) is 5.34. The molecule has 2 heterocycles. The number of benzene rings is 1. The molecule has 164 valence electrons.